The molecule has 2 aromatic heterocycles. The molecule has 0 fully saturated rings. The number of hydrogen-bond donors (Lipinski definition) is 2. The van der Waals surface area contributed by atoms with Gasteiger partial charge in [-0.05, 0) is 30.3 Å². The van der Waals surface area contributed by atoms with Gasteiger partial charge in [0.25, 0.3) is 0 Å². The van der Waals surface area contributed by atoms with Crippen molar-refractivity contribution in [1.82, 2.24) is 15.0 Å². The van der Waals surface area contributed by atoms with Gasteiger partial charge in [-0.3, -0.25) is 4.98 Å². The van der Waals surface area contributed by atoms with Gasteiger partial charge in [-0.1, -0.05) is 0 Å². The number of anilines is 1. The standard InChI is InChI=1S/C18H13F3N4/c19-10-1-2-15-16(9-10)25-17(24-15)4-6-22-14-3-5-23-18-12(14)7-11(20)8-13(18)21/h1-3,5,7-9H,4,6H2,(H,22,23)(H,24,25). The molecule has 0 aliphatic carbocycles. The Morgan fingerprint density at radius 2 is 1.88 bits per heavy atom. The highest BCUT2D eigenvalue weighted by Crippen LogP contribution is 2.25. The van der Waals surface area contributed by atoms with Crippen LogP contribution in [0.4, 0.5) is 18.9 Å². The maximum Gasteiger partial charge on any atom is 0.152 e. The fraction of sp³-hybridized carbons (Fsp3) is 0.111. The van der Waals surface area contributed by atoms with Crippen LogP contribution in [0.5, 0.6) is 0 Å². The largest absolute Gasteiger partial charge is 0.384 e. The Morgan fingerprint density at radius 1 is 1.00 bits per heavy atom. The number of nitrogens with zero attached hydrogens (tertiary/aromatic N) is 2. The van der Waals surface area contributed by atoms with Gasteiger partial charge in [0.15, 0.2) is 5.82 Å². The van der Waals surface area contributed by atoms with Gasteiger partial charge >= 0.3 is 0 Å². The van der Waals surface area contributed by atoms with Gasteiger partial charge in [0.1, 0.15) is 23.0 Å². The first-order valence-corrected chi connectivity index (χ1v) is 7.72. The second kappa shape index (κ2) is 6.08. The Labute approximate surface area is 140 Å². The van der Waals surface area contributed by atoms with Crippen molar-refractivity contribution in [3.05, 3.63) is 65.9 Å². The molecule has 0 radical (unpaired) electrons. The number of rotatable bonds is 4. The molecule has 7 heteroatoms. The third-order valence-electron chi connectivity index (χ3n) is 3.93. The van der Waals surface area contributed by atoms with Gasteiger partial charge < -0.3 is 10.3 Å². The average Bonchev–Trinajstić information content (AvgIpc) is 2.97. The summed E-state index contributed by atoms with van der Waals surface area (Å²) in [6.45, 7) is 0.486. The van der Waals surface area contributed by atoms with Gasteiger partial charge in [-0.2, -0.15) is 0 Å². The van der Waals surface area contributed by atoms with Crippen molar-refractivity contribution >= 4 is 27.6 Å². The van der Waals surface area contributed by atoms with E-state index in [0.717, 1.165) is 6.07 Å². The summed E-state index contributed by atoms with van der Waals surface area (Å²) in [5, 5.41) is 3.52. The van der Waals surface area contributed by atoms with E-state index in [4.69, 9.17) is 0 Å². The molecule has 126 valence electrons. The number of fused-ring (bicyclic) bond motifs is 2. The summed E-state index contributed by atoms with van der Waals surface area (Å²) in [6.07, 6.45) is 2.01. The molecular formula is C18H13F3N4. The third-order valence-corrected chi connectivity index (χ3v) is 3.93. The predicted molar refractivity (Wildman–Crippen MR) is 89.9 cm³/mol. The number of benzene rings is 2. The Balaban J connectivity index is 1.54. The lowest BCUT2D eigenvalue weighted by Crippen LogP contribution is -2.07. The maximum absolute atomic E-state index is 13.8. The highest BCUT2D eigenvalue weighted by atomic mass is 19.1. The molecule has 0 aliphatic rings. The fourth-order valence-corrected chi connectivity index (χ4v) is 2.80. The van der Waals surface area contributed by atoms with Crippen molar-refractivity contribution in [1.29, 1.82) is 0 Å². The first-order chi connectivity index (χ1) is 12.1. The Morgan fingerprint density at radius 3 is 2.76 bits per heavy atom. The average molecular weight is 342 g/mol. The first-order valence-electron chi connectivity index (χ1n) is 7.72. The van der Waals surface area contributed by atoms with Crippen LogP contribution in [-0.4, -0.2) is 21.5 Å². The van der Waals surface area contributed by atoms with Crippen molar-refractivity contribution in [2.24, 2.45) is 0 Å². The minimum atomic E-state index is -0.696. The molecule has 25 heavy (non-hydrogen) atoms. The Kier molecular flexibility index (Phi) is 3.76. The van der Waals surface area contributed by atoms with Crippen LogP contribution < -0.4 is 5.32 Å². The van der Waals surface area contributed by atoms with Crippen LogP contribution in [0.3, 0.4) is 0 Å². The molecule has 4 nitrogen and oxygen atoms in total. The normalized spacial score (nSPS) is 11.3. The lowest BCUT2D eigenvalue weighted by molar-refractivity contribution is 0.590. The minimum absolute atomic E-state index is 0.116. The number of imidazole rings is 1. The van der Waals surface area contributed by atoms with E-state index in [1.807, 2.05) is 0 Å². The molecule has 2 N–H and O–H groups in total. The van der Waals surface area contributed by atoms with Crippen LogP contribution in [0.2, 0.25) is 0 Å². The monoisotopic (exact) mass is 342 g/mol. The Hall–Kier alpha value is -3.09. The molecule has 0 bridgehead atoms. The lowest BCUT2D eigenvalue weighted by atomic mass is 10.1. The topological polar surface area (TPSA) is 53.6 Å². The molecule has 4 rings (SSSR count). The van der Waals surface area contributed by atoms with Gasteiger partial charge in [0.2, 0.25) is 0 Å². The number of hydrogen-bond acceptors (Lipinski definition) is 3. The van der Waals surface area contributed by atoms with E-state index in [2.05, 4.69) is 20.3 Å². The van der Waals surface area contributed by atoms with Crippen LogP contribution >= 0.6 is 0 Å². The van der Waals surface area contributed by atoms with Crippen LogP contribution in [0, 0.1) is 17.5 Å². The van der Waals surface area contributed by atoms with E-state index >= 15 is 0 Å². The summed E-state index contributed by atoms with van der Waals surface area (Å²) in [6, 6.07) is 8.08. The van der Waals surface area contributed by atoms with Crippen molar-refractivity contribution in [2.75, 3.05) is 11.9 Å². The second-order valence-corrected chi connectivity index (χ2v) is 5.66. The van der Waals surface area contributed by atoms with E-state index in [1.54, 1.807) is 12.1 Å². The summed E-state index contributed by atoms with van der Waals surface area (Å²) in [4.78, 5) is 11.4. The number of nitrogens with one attached hydrogen (secondary N) is 2. The molecule has 0 spiro atoms. The van der Waals surface area contributed by atoms with Crippen LogP contribution in [-0.2, 0) is 6.42 Å². The summed E-state index contributed by atoms with van der Waals surface area (Å²) in [7, 11) is 0. The van der Waals surface area contributed by atoms with E-state index in [1.165, 1.54) is 24.4 Å². The molecule has 0 aliphatic heterocycles. The molecule has 0 amide bonds. The first kappa shape index (κ1) is 15.4. The van der Waals surface area contributed by atoms with E-state index in [-0.39, 0.29) is 11.3 Å². The SMILES string of the molecule is Fc1ccc2nc(CCNc3ccnc4c(F)cc(F)cc34)[nH]c2c1. The lowest BCUT2D eigenvalue weighted by Gasteiger charge is -2.09. The van der Waals surface area contributed by atoms with Gasteiger partial charge in [-0.15, -0.1) is 0 Å². The zero-order valence-electron chi connectivity index (χ0n) is 13.0. The second-order valence-electron chi connectivity index (χ2n) is 5.66. The van der Waals surface area contributed by atoms with Crippen LogP contribution in [0.15, 0.2) is 42.6 Å². The van der Waals surface area contributed by atoms with E-state index < -0.39 is 11.6 Å². The van der Waals surface area contributed by atoms with Crippen LogP contribution in [0.1, 0.15) is 5.82 Å². The summed E-state index contributed by atoms with van der Waals surface area (Å²) in [5.41, 5.74) is 2.03. The zero-order valence-corrected chi connectivity index (χ0v) is 13.0. The highest BCUT2D eigenvalue weighted by Gasteiger charge is 2.09. The van der Waals surface area contributed by atoms with Gasteiger partial charge in [-0.25, -0.2) is 18.2 Å². The molecule has 0 unspecified atom stereocenters. The summed E-state index contributed by atoms with van der Waals surface area (Å²) < 4.78 is 40.5. The quantitative estimate of drug-likeness (QED) is 0.585. The molecule has 2 heterocycles. The predicted octanol–water partition coefficient (Wildman–Crippen LogP) is 4.18. The van der Waals surface area contributed by atoms with Crippen molar-refractivity contribution in [3.63, 3.8) is 0 Å². The van der Waals surface area contributed by atoms with Gasteiger partial charge in [0, 0.05) is 36.3 Å². The Bertz CT molecular complexity index is 1070. The molecule has 0 saturated heterocycles. The molecule has 4 aromatic rings. The van der Waals surface area contributed by atoms with E-state index in [9.17, 15) is 13.2 Å². The highest BCUT2D eigenvalue weighted by molar-refractivity contribution is 5.91. The molecule has 0 atom stereocenters. The summed E-state index contributed by atoms with van der Waals surface area (Å²) >= 11 is 0. The smallest absolute Gasteiger partial charge is 0.152 e. The zero-order chi connectivity index (χ0) is 17.4. The van der Waals surface area contributed by atoms with Crippen LogP contribution in [0.25, 0.3) is 21.9 Å². The number of aromatic amines is 1. The number of pyridine rings is 1. The molecule has 2 aromatic carbocycles. The van der Waals surface area contributed by atoms with Gasteiger partial charge in [0.05, 0.1) is 11.0 Å². The number of H-pyrrole nitrogens is 1. The number of aromatic nitrogens is 3. The molecule has 0 saturated carbocycles. The van der Waals surface area contributed by atoms with E-state index in [0.29, 0.717) is 40.9 Å². The molecular weight excluding hydrogens is 329 g/mol. The van der Waals surface area contributed by atoms with Crippen molar-refractivity contribution in [2.45, 2.75) is 6.42 Å². The van der Waals surface area contributed by atoms with Crippen molar-refractivity contribution < 1.29 is 13.2 Å². The van der Waals surface area contributed by atoms with Crippen molar-refractivity contribution in [3.8, 4) is 0 Å². The fourth-order valence-electron chi connectivity index (χ4n) is 2.80. The number of halogens is 3. The maximum atomic E-state index is 13.8. The minimum Gasteiger partial charge on any atom is -0.384 e. The summed E-state index contributed by atoms with van der Waals surface area (Å²) in [5.74, 6) is -0.977. The third kappa shape index (κ3) is 3.00.